The SMILES string of the molecule is COC(=O)[C@H](Cc1ccccc1)NC(=O)/C=C/c1ccc(O)c(OC)c1. The molecule has 2 aromatic carbocycles. The molecule has 0 radical (unpaired) electrons. The van der Waals surface area contributed by atoms with Crippen molar-refractivity contribution in [3.8, 4) is 11.5 Å². The lowest BCUT2D eigenvalue weighted by atomic mass is 10.1. The van der Waals surface area contributed by atoms with Gasteiger partial charge in [0.1, 0.15) is 6.04 Å². The molecule has 0 saturated carbocycles. The van der Waals surface area contributed by atoms with E-state index in [9.17, 15) is 14.7 Å². The summed E-state index contributed by atoms with van der Waals surface area (Å²) in [7, 11) is 2.73. The summed E-state index contributed by atoms with van der Waals surface area (Å²) >= 11 is 0. The van der Waals surface area contributed by atoms with E-state index in [-0.39, 0.29) is 5.75 Å². The molecule has 136 valence electrons. The molecule has 26 heavy (non-hydrogen) atoms. The number of methoxy groups -OCH3 is 2. The molecule has 0 spiro atoms. The van der Waals surface area contributed by atoms with E-state index in [1.165, 1.54) is 26.4 Å². The molecule has 0 aromatic heterocycles. The summed E-state index contributed by atoms with van der Waals surface area (Å²) in [5.74, 6) is -0.614. The molecule has 0 fully saturated rings. The van der Waals surface area contributed by atoms with Crippen molar-refractivity contribution in [2.24, 2.45) is 0 Å². The van der Waals surface area contributed by atoms with Crippen molar-refractivity contribution >= 4 is 18.0 Å². The average molecular weight is 355 g/mol. The van der Waals surface area contributed by atoms with E-state index in [2.05, 4.69) is 5.32 Å². The zero-order chi connectivity index (χ0) is 18.9. The first-order valence-electron chi connectivity index (χ1n) is 8.01. The van der Waals surface area contributed by atoms with Crippen LogP contribution in [0.3, 0.4) is 0 Å². The number of aromatic hydroxyl groups is 1. The van der Waals surface area contributed by atoms with Crippen LogP contribution in [0.1, 0.15) is 11.1 Å². The number of esters is 1. The lowest BCUT2D eigenvalue weighted by Gasteiger charge is -2.15. The third-order valence-corrected chi connectivity index (χ3v) is 3.72. The third kappa shape index (κ3) is 5.37. The molecule has 0 bridgehead atoms. The summed E-state index contributed by atoms with van der Waals surface area (Å²) < 4.78 is 9.79. The molecule has 2 N–H and O–H groups in total. The van der Waals surface area contributed by atoms with Gasteiger partial charge in [-0.05, 0) is 29.3 Å². The lowest BCUT2D eigenvalue weighted by Crippen LogP contribution is -2.42. The van der Waals surface area contributed by atoms with Gasteiger partial charge < -0.3 is 19.9 Å². The molecule has 0 heterocycles. The standard InChI is InChI=1S/C20H21NO5/c1-25-18-13-15(8-10-17(18)22)9-11-19(23)21-16(20(24)26-2)12-14-6-4-3-5-7-14/h3-11,13,16,22H,12H2,1-2H3,(H,21,23)/b11-9+/t16-/m0/s1. The van der Waals surface area contributed by atoms with Crippen LogP contribution in [-0.2, 0) is 20.7 Å². The quantitative estimate of drug-likeness (QED) is 0.588. The highest BCUT2D eigenvalue weighted by molar-refractivity contribution is 5.94. The Morgan fingerprint density at radius 2 is 1.88 bits per heavy atom. The number of hydrogen-bond acceptors (Lipinski definition) is 5. The van der Waals surface area contributed by atoms with E-state index < -0.39 is 17.9 Å². The van der Waals surface area contributed by atoms with Gasteiger partial charge in [0.15, 0.2) is 11.5 Å². The maximum Gasteiger partial charge on any atom is 0.328 e. The van der Waals surface area contributed by atoms with Crippen molar-refractivity contribution in [2.45, 2.75) is 12.5 Å². The Hall–Kier alpha value is -3.28. The van der Waals surface area contributed by atoms with Crippen LogP contribution < -0.4 is 10.1 Å². The van der Waals surface area contributed by atoms with Gasteiger partial charge in [0.05, 0.1) is 14.2 Å². The predicted molar refractivity (Wildman–Crippen MR) is 97.8 cm³/mol. The van der Waals surface area contributed by atoms with Gasteiger partial charge in [-0.1, -0.05) is 36.4 Å². The van der Waals surface area contributed by atoms with Crippen LogP contribution in [0, 0.1) is 0 Å². The zero-order valence-corrected chi connectivity index (χ0v) is 14.6. The summed E-state index contributed by atoms with van der Waals surface area (Å²) in [6, 6.07) is 13.3. The minimum atomic E-state index is -0.783. The summed E-state index contributed by atoms with van der Waals surface area (Å²) in [6.07, 6.45) is 3.21. The van der Waals surface area contributed by atoms with E-state index in [1.54, 1.807) is 18.2 Å². The van der Waals surface area contributed by atoms with Crippen LogP contribution in [0.25, 0.3) is 6.08 Å². The van der Waals surface area contributed by atoms with Gasteiger partial charge in [0.25, 0.3) is 0 Å². The average Bonchev–Trinajstić information content (AvgIpc) is 2.67. The number of phenols is 1. The second-order valence-corrected chi connectivity index (χ2v) is 5.54. The molecule has 2 aromatic rings. The monoisotopic (exact) mass is 355 g/mol. The van der Waals surface area contributed by atoms with Crippen LogP contribution in [0.2, 0.25) is 0 Å². The van der Waals surface area contributed by atoms with E-state index >= 15 is 0 Å². The van der Waals surface area contributed by atoms with Gasteiger partial charge in [0, 0.05) is 12.5 Å². The van der Waals surface area contributed by atoms with Crippen LogP contribution >= 0.6 is 0 Å². The first kappa shape index (κ1) is 19.1. The Kier molecular flexibility index (Phi) is 6.79. The third-order valence-electron chi connectivity index (χ3n) is 3.72. The molecule has 0 unspecified atom stereocenters. The molecule has 0 saturated heterocycles. The molecule has 0 aliphatic heterocycles. The second-order valence-electron chi connectivity index (χ2n) is 5.54. The number of carbonyl (C=O) groups is 2. The highest BCUT2D eigenvalue weighted by Gasteiger charge is 2.20. The maximum absolute atomic E-state index is 12.2. The number of amides is 1. The number of rotatable bonds is 7. The van der Waals surface area contributed by atoms with Crippen molar-refractivity contribution in [2.75, 3.05) is 14.2 Å². The fraction of sp³-hybridized carbons (Fsp3) is 0.200. The van der Waals surface area contributed by atoms with Crippen LogP contribution in [0.5, 0.6) is 11.5 Å². The Morgan fingerprint density at radius 1 is 1.15 bits per heavy atom. The number of hydrogen-bond donors (Lipinski definition) is 2. The smallest absolute Gasteiger partial charge is 0.328 e. The van der Waals surface area contributed by atoms with E-state index in [1.807, 2.05) is 30.3 Å². The Morgan fingerprint density at radius 3 is 2.54 bits per heavy atom. The lowest BCUT2D eigenvalue weighted by molar-refractivity contribution is -0.144. The fourth-order valence-electron chi connectivity index (χ4n) is 2.37. The molecular formula is C20H21NO5. The molecule has 1 amide bonds. The largest absolute Gasteiger partial charge is 0.504 e. The minimum absolute atomic E-state index is 0.0164. The van der Waals surface area contributed by atoms with E-state index in [4.69, 9.17) is 9.47 Å². The molecule has 1 atom stereocenters. The summed E-state index contributed by atoms with van der Waals surface area (Å²) in [5, 5.41) is 12.2. The highest BCUT2D eigenvalue weighted by atomic mass is 16.5. The molecule has 0 aliphatic rings. The summed E-state index contributed by atoms with van der Waals surface area (Å²) in [6.45, 7) is 0. The number of ether oxygens (including phenoxy) is 2. The predicted octanol–water partition coefficient (Wildman–Crippen LogP) is 2.31. The first-order valence-corrected chi connectivity index (χ1v) is 8.01. The topological polar surface area (TPSA) is 84.9 Å². The molecule has 6 heteroatoms. The van der Waals surface area contributed by atoms with E-state index in [0.29, 0.717) is 17.7 Å². The van der Waals surface area contributed by atoms with Crippen LogP contribution in [-0.4, -0.2) is 37.2 Å². The second kappa shape index (κ2) is 9.27. The van der Waals surface area contributed by atoms with Crippen molar-refractivity contribution in [3.05, 3.63) is 65.7 Å². The van der Waals surface area contributed by atoms with Gasteiger partial charge in [-0.2, -0.15) is 0 Å². The van der Waals surface area contributed by atoms with Gasteiger partial charge in [-0.3, -0.25) is 4.79 Å². The number of nitrogens with one attached hydrogen (secondary N) is 1. The Bertz CT molecular complexity index is 786. The van der Waals surface area contributed by atoms with Crippen molar-refractivity contribution in [1.82, 2.24) is 5.32 Å². The van der Waals surface area contributed by atoms with Crippen molar-refractivity contribution in [1.29, 1.82) is 0 Å². The summed E-state index contributed by atoms with van der Waals surface area (Å²) in [5.41, 5.74) is 1.59. The van der Waals surface area contributed by atoms with E-state index in [0.717, 1.165) is 5.56 Å². The zero-order valence-electron chi connectivity index (χ0n) is 14.6. The molecule has 0 aliphatic carbocycles. The van der Waals surface area contributed by atoms with Gasteiger partial charge in [0.2, 0.25) is 5.91 Å². The molecule has 6 nitrogen and oxygen atoms in total. The number of phenolic OH excluding ortho intramolecular Hbond substituents is 1. The minimum Gasteiger partial charge on any atom is -0.504 e. The fourth-order valence-corrected chi connectivity index (χ4v) is 2.37. The molecule has 2 rings (SSSR count). The highest BCUT2D eigenvalue weighted by Crippen LogP contribution is 2.26. The van der Waals surface area contributed by atoms with Gasteiger partial charge >= 0.3 is 5.97 Å². The Labute approximate surface area is 152 Å². The Balaban J connectivity index is 2.05. The number of benzene rings is 2. The van der Waals surface area contributed by atoms with Crippen LogP contribution in [0.4, 0.5) is 0 Å². The van der Waals surface area contributed by atoms with Crippen molar-refractivity contribution in [3.63, 3.8) is 0 Å². The maximum atomic E-state index is 12.2. The van der Waals surface area contributed by atoms with Crippen molar-refractivity contribution < 1.29 is 24.2 Å². The number of carbonyl (C=O) groups excluding carboxylic acids is 2. The van der Waals surface area contributed by atoms with Gasteiger partial charge in [-0.25, -0.2) is 4.79 Å². The normalized spacial score (nSPS) is 11.8. The summed E-state index contributed by atoms with van der Waals surface area (Å²) in [4.78, 5) is 24.1. The van der Waals surface area contributed by atoms with Crippen LogP contribution in [0.15, 0.2) is 54.6 Å². The molecular weight excluding hydrogens is 334 g/mol. The first-order chi connectivity index (χ1) is 12.5. The van der Waals surface area contributed by atoms with Gasteiger partial charge in [-0.15, -0.1) is 0 Å².